The van der Waals surface area contributed by atoms with Crippen molar-refractivity contribution in [2.24, 2.45) is 0 Å². The number of sulfone groups is 1. The Labute approximate surface area is 192 Å². The van der Waals surface area contributed by atoms with Gasteiger partial charge in [0.15, 0.2) is 15.5 Å². The smallest absolute Gasteiger partial charge is 0.254 e. The number of nitrogens with zero attached hydrogens (tertiary/aromatic N) is 4. The fourth-order valence-electron chi connectivity index (χ4n) is 5.07. The van der Waals surface area contributed by atoms with Crippen LogP contribution in [-0.2, 0) is 9.84 Å². The van der Waals surface area contributed by atoms with Gasteiger partial charge >= 0.3 is 0 Å². The molecule has 33 heavy (non-hydrogen) atoms. The van der Waals surface area contributed by atoms with E-state index in [1.807, 2.05) is 18.7 Å². The Kier molecular flexibility index (Phi) is 5.47. The minimum atomic E-state index is -3.15. The lowest BCUT2D eigenvalue weighted by molar-refractivity contribution is 0.0637. The van der Waals surface area contributed by atoms with Crippen LogP contribution in [0.3, 0.4) is 0 Å². The van der Waals surface area contributed by atoms with Gasteiger partial charge < -0.3 is 4.90 Å². The molecule has 0 bridgehead atoms. The number of hydrogen-bond acceptors (Lipinski definition) is 5. The zero-order chi connectivity index (χ0) is 23.3. The number of aryl methyl sites for hydroxylation is 1. The highest BCUT2D eigenvalue weighted by atomic mass is 32.2. The van der Waals surface area contributed by atoms with E-state index < -0.39 is 15.7 Å². The van der Waals surface area contributed by atoms with E-state index in [9.17, 15) is 17.6 Å². The highest BCUT2D eigenvalue weighted by Crippen LogP contribution is 2.34. The van der Waals surface area contributed by atoms with Crippen molar-refractivity contribution in [1.29, 1.82) is 0 Å². The molecule has 0 saturated carbocycles. The van der Waals surface area contributed by atoms with Crippen LogP contribution in [0.4, 0.5) is 4.39 Å². The number of hydrogen-bond donors (Lipinski definition) is 0. The van der Waals surface area contributed by atoms with Crippen LogP contribution in [0.5, 0.6) is 0 Å². The Balaban J connectivity index is 1.73. The minimum absolute atomic E-state index is 0.0126. The van der Waals surface area contributed by atoms with Gasteiger partial charge in [0.25, 0.3) is 5.91 Å². The highest BCUT2D eigenvalue weighted by Gasteiger charge is 2.34. The molecule has 0 radical (unpaired) electrons. The third kappa shape index (κ3) is 3.92. The van der Waals surface area contributed by atoms with E-state index in [1.165, 1.54) is 6.07 Å². The first-order valence-electron chi connectivity index (χ1n) is 11.4. The molecule has 0 aliphatic carbocycles. The van der Waals surface area contributed by atoms with Crippen LogP contribution in [0.1, 0.15) is 54.7 Å². The van der Waals surface area contributed by atoms with E-state index in [-0.39, 0.29) is 29.5 Å². The molecule has 4 heterocycles. The molecule has 2 aromatic heterocycles. The maximum Gasteiger partial charge on any atom is 0.254 e. The summed E-state index contributed by atoms with van der Waals surface area (Å²) in [5.41, 5.74) is 2.13. The SMILES string of the molecule is Cc1nn(C2CCS(=O)(=O)C2)c2nc(-c3ccccc3F)cc(C(=O)N3CCCCC3C)c12. The summed E-state index contributed by atoms with van der Waals surface area (Å²) in [7, 11) is -3.15. The third-order valence-electron chi connectivity index (χ3n) is 6.84. The van der Waals surface area contributed by atoms with Gasteiger partial charge in [0.2, 0.25) is 0 Å². The average molecular weight is 471 g/mol. The molecule has 2 atom stereocenters. The van der Waals surface area contributed by atoms with E-state index >= 15 is 0 Å². The first-order valence-corrected chi connectivity index (χ1v) is 13.2. The van der Waals surface area contributed by atoms with Crippen molar-refractivity contribution in [2.75, 3.05) is 18.1 Å². The molecular formula is C24H27FN4O3S. The second-order valence-electron chi connectivity index (χ2n) is 9.16. The van der Waals surface area contributed by atoms with E-state index in [0.717, 1.165) is 19.3 Å². The quantitative estimate of drug-likeness (QED) is 0.579. The largest absolute Gasteiger partial charge is 0.336 e. The summed E-state index contributed by atoms with van der Waals surface area (Å²) in [4.78, 5) is 20.3. The number of amides is 1. The summed E-state index contributed by atoms with van der Waals surface area (Å²) in [6.07, 6.45) is 3.42. The topological polar surface area (TPSA) is 85.2 Å². The van der Waals surface area contributed by atoms with Crippen molar-refractivity contribution in [3.63, 3.8) is 0 Å². The number of piperidine rings is 1. The van der Waals surface area contributed by atoms with Crippen LogP contribution < -0.4 is 0 Å². The molecular weight excluding hydrogens is 443 g/mol. The molecule has 2 aliphatic heterocycles. The van der Waals surface area contributed by atoms with E-state index in [4.69, 9.17) is 4.98 Å². The predicted molar refractivity (Wildman–Crippen MR) is 124 cm³/mol. The Morgan fingerprint density at radius 1 is 1.18 bits per heavy atom. The Morgan fingerprint density at radius 3 is 2.67 bits per heavy atom. The Hall–Kier alpha value is -2.81. The standard InChI is InChI=1S/C24H27FN4O3S/c1-15-7-5-6-11-28(15)24(30)19-13-21(18-8-3-4-9-20(18)25)26-23-22(19)16(2)27-29(23)17-10-12-33(31,32)14-17/h3-4,8-9,13,15,17H,5-7,10-12,14H2,1-2H3. The maximum absolute atomic E-state index is 14.7. The molecule has 1 amide bonds. The lowest BCUT2D eigenvalue weighted by Gasteiger charge is -2.33. The molecule has 0 N–H and O–H groups in total. The van der Waals surface area contributed by atoms with Gasteiger partial charge in [0.05, 0.1) is 39.9 Å². The molecule has 0 spiro atoms. The highest BCUT2D eigenvalue weighted by molar-refractivity contribution is 7.91. The summed E-state index contributed by atoms with van der Waals surface area (Å²) in [5, 5.41) is 5.24. The summed E-state index contributed by atoms with van der Waals surface area (Å²) in [6, 6.07) is 7.75. The summed E-state index contributed by atoms with van der Waals surface area (Å²) < 4.78 is 40.6. The molecule has 2 aliphatic rings. The Morgan fingerprint density at radius 2 is 1.97 bits per heavy atom. The molecule has 5 rings (SSSR count). The number of rotatable bonds is 3. The minimum Gasteiger partial charge on any atom is -0.336 e. The monoisotopic (exact) mass is 470 g/mol. The third-order valence-corrected chi connectivity index (χ3v) is 8.59. The van der Waals surface area contributed by atoms with Crippen molar-refractivity contribution in [3.05, 3.63) is 47.4 Å². The van der Waals surface area contributed by atoms with Gasteiger partial charge in [-0.2, -0.15) is 5.10 Å². The number of carbonyl (C=O) groups is 1. The molecule has 7 nitrogen and oxygen atoms in total. The normalized spacial score (nSPS) is 22.7. The molecule has 9 heteroatoms. The average Bonchev–Trinajstić information content (AvgIpc) is 3.32. The van der Waals surface area contributed by atoms with E-state index in [1.54, 1.807) is 28.9 Å². The van der Waals surface area contributed by atoms with Crippen molar-refractivity contribution in [2.45, 2.75) is 51.6 Å². The van der Waals surface area contributed by atoms with Crippen molar-refractivity contribution in [1.82, 2.24) is 19.7 Å². The van der Waals surface area contributed by atoms with Crippen molar-refractivity contribution in [3.8, 4) is 11.3 Å². The number of halogens is 1. The van der Waals surface area contributed by atoms with Gasteiger partial charge in [-0.25, -0.2) is 22.5 Å². The second-order valence-corrected chi connectivity index (χ2v) is 11.4. The van der Waals surface area contributed by atoms with E-state index in [0.29, 0.717) is 46.5 Å². The number of fused-ring (bicyclic) bond motifs is 1. The number of likely N-dealkylation sites (tertiary alicyclic amines) is 1. The van der Waals surface area contributed by atoms with Gasteiger partial charge in [-0.05, 0) is 57.7 Å². The molecule has 174 valence electrons. The van der Waals surface area contributed by atoms with Crippen molar-refractivity contribution < 1.29 is 17.6 Å². The number of benzene rings is 1. The lowest BCUT2D eigenvalue weighted by atomic mass is 10.00. The molecule has 2 fully saturated rings. The summed E-state index contributed by atoms with van der Waals surface area (Å²) >= 11 is 0. The number of pyridine rings is 1. The van der Waals surface area contributed by atoms with Gasteiger partial charge in [-0.15, -0.1) is 0 Å². The predicted octanol–water partition coefficient (Wildman–Crippen LogP) is 3.92. The fourth-order valence-corrected chi connectivity index (χ4v) is 6.76. The van der Waals surface area contributed by atoms with Gasteiger partial charge in [-0.3, -0.25) is 4.79 Å². The van der Waals surface area contributed by atoms with Crippen LogP contribution in [0.25, 0.3) is 22.3 Å². The van der Waals surface area contributed by atoms with E-state index in [2.05, 4.69) is 5.10 Å². The summed E-state index contributed by atoms with van der Waals surface area (Å²) in [5.74, 6) is -0.460. The first-order chi connectivity index (χ1) is 15.7. The zero-order valence-electron chi connectivity index (χ0n) is 18.8. The number of carbonyl (C=O) groups excluding carboxylic acids is 1. The maximum atomic E-state index is 14.7. The zero-order valence-corrected chi connectivity index (χ0v) is 19.6. The lowest BCUT2D eigenvalue weighted by Crippen LogP contribution is -2.42. The van der Waals surface area contributed by atoms with Crippen LogP contribution in [-0.4, -0.2) is 58.1 Å². The van der Waals surface area contributed by atoms with Crippen LogP contribution >= 0.6 is 0 Å². The van der Waals surface area contributed by atoms with Gasteiger partial charge in [0, 0.05) is 18.2 Å². The number of aromatic nitrogens is 3. The molecule has 2 unspecified atom stereocenters. The first kappa shape index (κ1) is 22.0. The molecule has 1 aromatic carbocycles. The second kappa shape index (κ2) is 8.20. The van der Waals surface area contributed by atoms with Crippen LogP contribution in [0, 0.1) is 12.7 Å². The van der Waals surface area contributed by atoms with Crippen LogP contribution in [0.2, 0.25) is 0 Å². The van der Waals surface area contributed by atoms with Gasteiger partial charge in [-0.1, -0.05) is 12.1 Å². The fraction of sp³-hybridized carbons (Fsp3) is 0.458. The summed E-state index contributed by atoms with van der Waals surface area (Å²) in [6.45, 7) is 4.53. The molecule has 3 aromatic rings. The van der Waals surface area contributed by atoms with Crippen molar-refractivity contribution >= 4 is 26.8 Å². The molecule has 2 saturated heterocycles. The van der Waals surface area contributed by atoms with Gasteiger partial charge in [0.1, 0.15) is 5.82 Å². The Bertz CT molecular complexity index is 1350. The van der Waals surface area contributed by atoms with Crippen LogP contribution in [0.15, 0.2) is 30.3 Å².